The first-order valence-corrected chi connectivity index (χ1v) is 41.7. The van der Waals surface area contributed by atoms with E-state index in [9.17, 15) is 23.8 Å². The zero-order chi connectivity index (χ0) is 79.6. The number of amides is 3. The van der Waals surface area contributed by atoms with E-state index in [1.54, 1.807) is 62.6 Å². The molecule has 15 rings (SSSR count). The van der Waals surface area contributed by atoms with E-state index < -0.39 is 25.6 Å². The summed E-state index contributed by atoms with van der Waals surface area (Å²) in [7, 11) is -2.70. The van der Waals surface area contributed by atoms with Crippen molar-refractivity contribution < 1.29 is 42.4 Å². The Morgan fingerprint density at radius 1 is 0.566 bits per heavy atom. The van der Waals surface area contributed by atoms with E-state index in [0.717, 1.165) is 104 Å². The van der Waals surface area contributed by atoms with Crippen LogP contribution < -0.4 is 21.3 Å². The lowest BCUT2D eigenvalue weighted by Crippen LogP contribution is -2.31. The van der Waals surface area contributed by atoms with Crippen LogP contribution in [0.25, 0.3) is 45.4 Å². The van der Waals surface area contributed by atoms with Crippen molar-refractivity contribution in [1.82, 2.24) is 71.4 Å². The fraction of sp³-hybridized carbons (Fsp3) is 0.523. The number of anilines is 2. The van der Waals surface area contributed by atoms with Crippen LogP contribution in [0.3, 0.4) is 0 Å². The van der Waals surface area contributed by atoms with Gasteiger partial charge >= 0.3 is 0 Å². The van der Waals surface area contributed by atoms with Crippen LogP contribution in [0.4, 0.5) is 11.4 Å². The molecule has 1 aliphatic heterocycles. The summed E-state index contributed by atoms with van der Waals surface area (Å²) < 4.78 is 32.9. The van der Waals surface area contributed by atoms with E-state index in [2.05, 4.69) is 151 Å². The number of hydrogen-bond donors (Lipinski definition) is 3. The Kier molecular flexibility index (Phi) is 31.3. The van der Waals surface area contributed by atoms with E-state index in [0.29, 0.717) is 71.4 Å². The standard InChI is InChI=1S/C28H31N11O3.C20H24N2.C18H29O6P.C11H16.C9H8N4/c1-3-18(28(42)35-23-12-8-20(9-13-23)26-38-32-16-33-39-26)4-5-21(24(29)40)14-17(2)27(41)34-22-10-6-19(7-11-22)25-36-30-15-31-37-25;1-3-16-18-9-8-15-12-21-22-20(17(15)10-11-19(16)18)14-6-4-13(2)5-7-14;1-13-11-17(21-2)18(24-13)12-23-25(19,20)22-10-9-16-14-7-5-3-4-6-8-15(14)16;1-2-9-10-7-5-3-4-6-8-11(9)10;1-7-2-4-8(5-3-7)9-12-10-6-11-13-9/h6-13,15-18,21H,3-5,14H2,1-2H3,(H2,29,40)(H,34,41)(H,35,42);4-7,12,16,18-19H,3,8-11H2,1-2H3;13-18H,5-12H2,1-2H3,(H,19,20);9-11H,2,5-8H2,1H3;2-6H,1H3/p-1/t17?,18-,21?;16?,18-,19+;13-,14-,15+,16?,17?,18+;9?,10-,11+;/m110../s1. The first-order valence-electron chi connectivity index (χ1n) is 40.2. The zero-order valence-corrected chi connectivity index (χ0v) is 67.1. The summed E-state index contributed by atoms with van der Waals surface area (Å²) >= 11 is 0. The molecule has 4 aromatic carbocycles. The van der Waals surface area contributed by atoms with Crippen molar-refractivity contribution in [3.63, 3.8) is 0 Å². The smallest absolute Gasteiger partial charge is 0.267 e. The number of rotatable bonds is 25. The third-order valence-corrected chi connectivity index (χ3v) is 24.3. The quantitative estimate of drug-likeness (QED) is 0.0353. The minimum atomic E-state index is -4.30. The number of primary amides is 1. The van der Waals surface area contributed by atoms with Crippen LogP contribution in [-0.4, -0.2) is 128 Å². The number of nitrogens with one attached hydrogen (secondary N) is 2. The molecule has 4 aromatic heterocycles. The van der Waals surface area contributed by atoms with Crippen LogP contribution >= 0.6 is 7.82 Å². The van der Waals surface area contributed by atoms with Gasteiger partial charge in [-0.25, -0.2) is 0 Å². The Balaban J connectivity index is 0.000000151. The van der Waals surface area contributed by atoms with Crippen molar-refractivity contribution in [3.8, 4) is 69.1 Å². The number of methoxy groups -OCH3 is 1. The molecule has 0 radical (unpaired) electrons. The van der Waals surface area contributed by atoms with Crippen molar-refractivity contribution in [2.45, 2.75) is 195 Å². The largest absolute Gasteiger partial charge is 0.756 e. The van der Waals surface area contributed by atoms with Gasteiger partial charge in [0.2, 0.25) is 35.2 Å². The Morgan fingerprint density at radius 2 is 1.00 bits per heavy atom. The summed E-state index contributed by atoms with van der Waals surface area (Å²) in [5.74, 6) is 20.0. The van der Waals surface area contributed by atoms with Crippen LogP contribution in [0, 0.1) is 109 Å². The van der Waals surface area contributed by atoms with Crippen molar-refractivity contribution in [3.05, 3.63) is 144 Å². The number of phosphoric acid groups is 1. The molecule has 27 heteroatoms. The summed E-state index contributed by atoms with van der Waals surface area (Å²) in [6.45, 7) is 14.6. The highest BCUT2D eigenvalue weighted by Crippen LogP contribution is 2.57. The molecular formula is C86H107N17O9P-. The Labute approximate surface area is 663 Å². The Morgan fingerprint density at radius 3 is 1.46 bits per heavy atom. The van der Waals surface area contributed by atoms with Gasteiger partial charge in [0.25, 0.3) is 7.82 Å². The average molecular weight is 1550 g/mol. The zero-order valence-electron chi connectivity index (χ0n) is 66.2. The van der Waals surface area contributed by atoms with E-state index in [1.807, 2.05) is 51.2 Å². The highest BCUT2D eigenvalue weighted by atomic mass is 31.2. The third kappa shape index (κ3) is 24.7. The predicted molar refractivity (Wildman–Crippen MR) is 428 cm³/mol. The molecule has 113 heavy (non-hydrogen) atoms. The molecule has 0 spiro atoms. The maximum absolute atomic E-state index is 13.0. The summed E-state index contributed by atoms with van der Waals surface area (Å²) in [6.07, 6.45) is 25.6. The lowest BCUT2D eigenvalue weighted by molar-refractivity contribution is -0.228. The van der Waals surface area contributed by atoms with Gasteiger partial charge in [0.1, 0.15) is 6.10 Å². The molecule has 26 nitrogen and oxygen atoms in total. The third-order valence-electron chi connectivity index (χ3n) is 23.3. The van der Waals surface area contributed by atoms with Crippen LogP contribution in [0.5, 0.6) is 0 Å². The molecule has 596 valence electrons. The number of fused-ring (bicyclic) bond motifs is 4. The monoisotopic (exact) mass is 1550 g/mol. The second-order valence-electron chi connectivity index (χ2n) is 30.7. The number of hydrogen-bond acceptors (Lipinski definition) is 23. The van der Waals surface area contributed by atoms with Gasteiger partial charge in [0.05, 0.1) is 37.3 Å². The van der Waals surface area contributed by atoms with E-state index in [4.69, 9.17) is 24.3 Å². The second-order valence-corrected chi connectivity index (χ2v) is 32.1. The molecule has 0 bridgehead atoms. The molecule has 16 atom stereocenters. The molecule has 7 aliphatic rings. The lowest BCUT2D eigenvalue weighted by atomic mass is 9.87. The maximum Gasteiger partial charge on any atom is 0.267 e. The topological polar surface area (TPSA) is 359 Å². The second kappa shape index (κ2) is 41.9. The highest BCUT2D eigenvalue weighted by Gasteiger charge is 2.50. The summed E-state index contributed by atoms with van der Waals surface area (Å²) in [4.78, 5) is 50.0. The van der Waals surface area contributed by atoms with Gasteiger partial charge in [-0.15, -0.1) is 84.9 Å². The van der Waals surface area contributed by atoms with Crippen LogP contribution in [0.15, 0.2) is 122 Å². The fourth-order valence-corrected chi connectivity index (χ4v) is 17.6. The Bertz CT molecular complexity index is 4490. The van der Waals surface area contributed by atoms with Gasteiger partial charge in [-0.1, -0.05) is 100 Å². The fourth-order valence-electron chi connectivity index (χ4n) is 16.8. The van der Waals surface area contributed by atoms with E-state index >= 15 is 0 Å². The predicted octanol–water partition coefficient (Wildman–Crippen LogP) is 13.9. The van der Waals surface area contributed by atoms with Gasteiger partial charge < -0.3 is 39.8 Å². The average Bonchev–Trinajstić information content (AvgIpc) is 1.59. The SMILES string of the molecule is CCC1[C@H]2CCC#CCC[C@@H]12.CCC1[C@H]2CCc3cnnc(-c4ccc(C)cc4)c3CC[C@@H]12.CC[C@H](CCC(CC(C)C(=O)Nc1ccc(-c2nncnn2)cc1)C(N)=O)C(=O)Nc1ccc(-c2nncnn2)cc1.COC1C[C@H](C)O[C@@H]1COP(=O)([O-])OCCC1[C@H]2CCC#CCC[C@@H]12.Cc1ccc(-c2nncnn2)cc1. The van der Waals surface area contributed by atoms with E-state index in [-0.39, 0.29) is 55.7 Å². The molecule has 5 heterocycles. The van der Waals surface area contributed by atoms with Gasteiger partial charge in [-0.2, -0.15) is 10.2 Å². The van der Waals surface area contributed by atoms with Gasteiger partial charge in [-0.3, -0.25) is 18.9 Å². The number of phosphoric ester groups is 1. The normalized spacial score (nSPS) is 23.9. The van der Waals surface area contributed by atoms with Crippen molar-refractivity contribution in [2.24, 2.45) is 76.7 Å². The molecule has 6 aliphatic carbocycles. The highest BCUT2D eigenvalue weighted by molar-refractivity contribution is 7.45. The minimum absolute atomic E-state index is 0.0425. The summed E-state index contributed by atoms with van der Waals surface area (Å²) in [5, 5.41) is 60.1. The molecule has 4 fully saturated rings. The number of carbonyl (C=O) groups excluding carboxylic acids is 3. The van der Waals surface area contributed by atoms with Crippen LogP contribution in [0.1, 0.15) is 172 Å². The van der Waals surface area contributed by atoms with Crippen molar-refractivity contribution in [2.75, 3.05) is 31.0 Å². The molecule has 1 saturated heterocycles. The first-order chi connectivity index (χ1) is 54.9. The summed E-state index contributed by atoms with van der Waals surface area (Å²) in [5.41, 5.74) is 17.0. The number of aromatic nitrogens is 14. The Hall–Kier alpha value is -9.66. The van der Waals surface area contributed by atoms with Crippen molar-refractivity contribution >= 4 is 36.9 Å². The van der Waals surface area contributed by atoms with Gasteiger partial charge in [0.15, 0.2) is 19.0 Å². The molecular weight excluding hydrogens is 1450 g/mol. The number of nitrogens with zero attached hydrogens (tertiary/aromatic N) is 14. The molecule has 3 amide bonds. The number of nitrogens with two attached hydrogens (primary N) is 1. The van der Waals surface area contributed by atoms with Crippen molar-refractivity contribution in [1.29, 1.82) is 0 Å². The lowest BCUT2D eigenvalue weighted by Gasteiger charge is -2.25. The van der Waals surface area contributed by atoms with Gasteiger partial charge in [-0.05, 0) is 217 Å². The molecule has 7 unspecified atom stereocenters. The first kappa shape index (κ1) is 84.3. The number of aryl methyl sites for hydroxylation is 3. The molecule has 8 aromatic rings. The van der Waals surface area contributed by atoms with Crippen LogP contribution in [0.2, 0.25) is 0 Å². The van der Waals surface area contributed by atoms with E-state index in [1.165, 1.54) is 98.2 Å². The minimum Gasteiger partial charge on any atom is -0.756 e. The maximum atomic E-state index is 13.0. The summed E-state index contributed by atoms with van der Waals surface area (Å²) in [6, 6.07) is 30.6. The molecule has 4 N–H and O–H groups in total. The number of ether oxygens (including phenoxy) is 2. The van der Waals surface area contributed by atoms with Gasteiger partial charge in [0, 0.05) is 90.6 Å². The molecule has 3 saturated carbocycles. The number of benzene rings is 4. The number of carbonyl (C=O) groups is 3. The van der Waals surface area contributed by atoms with Crippen LogP contribution in [-0.2, 0) is 50.3 Å².